The summed E-state index contributed by atoms with van der Waals surface area (Å²) in [5.41, 5.74) is 0.799. The molecule has 3 nitrogen and oxygen atoms in total. The first kappa shape index (κ1) is 8.46. The zero-order valence-corrected chi connectivity index (χ0v) is 6.65. The van der Waals surface area contributed by atoms with E-state index in [2.05, 4.69) is 4.98 Å². The third-order valence-corrected chi connectivity index (χ3v) is 1.37. The van der Waals surface area contributed by atoms with Crippen molar-refractivity contribution < 1.29 is 9.90 Å². The van der Waals surface area contributed by atoms with Crippen LogP contribution in [-0.2, 0) is 4.79 Å². The van der Waals surface area contributed by atoms with Crippen LogP contribution in [0.2, 0.25) is 0 Å². The van der Waals surface area contributed by atoms with Crippen LogP contribution in [0.25, 0.3) is 6.08 Å². The van der Waals surface area contributed by atoms with E-state index in [-0.39, 0.29) is 5.57 Å². The molecule has 0 N–H and O–H groups in total. The van der Waals surface area contributed by atoms with E-state index >= 15 is 0 Å². The molecule has 0 radical (unpaired) electrons. The smallest absolute Gasteiger partial charge is 0.0672 e. The van der Waals surface area contributed by atoms with Gasteiger partial charge in [-0.1, -0.05) is 6.07 Å². The Hall–Kier alpha value is -1.64. The van der Waals surface area contributed by atoms with Gasteiger partial charge < -0.3 is 9.90 Å². The van der Waals surface area contributed by atoms with Crippen LogP contribution in [0.4, 0.5) is 0 Å². The Bertz CT molecular complexity index is 304. The van der Waals surface area contributed by atoms with Crippen LogP contribution in [-0.4, -0.2) is 11.0 Å². The molecule has 1 aromatic heterocycles. The van der Waals surface area contributed by atoms with E-state index < -0.39 is 5.97 Å². The summed E-state index contributed by atoms with van der Waals surface area (Å²) in [7, 11) is 0. The average Bonchev–Trinajstić information content (AvgIpc) is 2.06. The first-order chi connectivity index (χ1) is 5.70. The lowest BCUT2D eigenvalue weighted by Crippen LogP contribution is -2.22. The molecule has 62 valence electrons. The van der Waals surface area contributed by atoms with Gasteiger partial charge in [-0.25, -0.2) is 0 Å². The first-order valence-electron chi connectivity index (χ1n) is 3.51. The molecule has 0 saturated carbocycles. The largest absolute Gasteiger partial charge is 0.545 e. The minimum absolute atomic E-state index is 0.175. The number of aliphatic carboxylic acids is 1. The Morgan fingerprint density at radius 1 is 1.58 bits per heavy atom. The number of hydrogen-bond donors (Lipinski definition) is 0. The van der Waals surface area contributed by atoms with Crippen molar-refractivity contribution in [3.05, 3.63) is 35.7 Å². The molecule has 0 aliphatic carbocycles. The van der Waals surface area contributed by atoms with E-state index in [1.165, 1.54) is 13.0 Å². The maximum atomic E-state index is 10.3. The third kappa shape index (κ3) is 2.20. The predicted molar refractivity (Wildman–Crippen MR) is 42.9 cm³/mol. The van der Waals surface area contributed by atoms with Crippen LogP contribution in [0.15, 0.2) is 30.0 Å². The number of nitrogens with zero attached hydrogens (tertiary/aromatic N) is 1. The van der Waals surface area contributed by atoms with Gasteiger partial charge in [0.05, 0.1) is 11.7 Å². The SMILES string of the molecule is C/C(=C\c1ccccn1)C(=O)[O-]. The van der Waals surface area contributed by atoms with Crippen LogP contribution >= 0.6 is 0 Å². The van der Waals surface area contributed by atoms with E-state index in [1.54, 1.807) is 24.4 Å². The summed E-state index contributed by atoms with van der Waals surface area (Å²) in [6.07, 6.45) is 3.07. The molecular formula is C9H8NO2-. The van der Waals surface area contributed by atoms with Crippen molar-refractivity contribution in [3.8, 4) is 0 Å². The van der Waals surface area contributed by atoms with E-state index in [1.807, 2.05) is 0 Å². The summed E-state index contributed by atoms with van der Waals surface area (Å²) in [5.74, 6) is -1.17. The lowest BCUT2D eigenvalue weighted by atomic mass is 10.2. The second kappa shape index (κ2) is 3.67. The molecule has 0 atom stereocenters. The van der Waals surface area contributed by atoms with Crippen LogP contribution in [0, 0.1) is 0 Å². The summed E-state index contributed by atoms with van der Waals surface area (Å²) < 4.78 is 0. The van der Waals surface area contributed by atoms with Crippen LogP contribution in [0.1, 0.15) is 12.6 Å². The van der Waals surface area contributed by atoms with Gasteiger partial charge in [0.15, 0.2) is 0 Å². The minimum Gasteiger partial charge on any atom is -0.545 e. The molecular weight excluding hydrogens is 154 g/mol. The van der Waals surface area contributed by atoms with Crippen molar-refractivity contribution in [3.63, 3.8) is 0 Å². The Balaban J connectivity index is 2.89. The Morgan fingerprint density at radius 2 is 2.33 bits per heavy atom. The molecule has 0 saturated heterocycles. The standard InChI is InChI=1S/C9H9NO2/c1-7(9(11)12)6-8-4-2-3-5-10-8/h2-6H,1H3,(H,11,12)/p-1/b7-6+. The fraction of sp³-hybridized carbons (Fsp3) is 0.111. The summed E-state index contributed by atoms with van der Waals surface area (Å²) in [6, 6.07) is 5.29. The molecule has 0 bridgehead atoms. The van der Waals surface area contributed by atoms with Crippen molar-refractivity contribution in [2.75, 3.05) is 0 Å². The quantitative estimate of drug-likeness (QED) is 0.585. The average molecular weight is 162 g/mol. The van der Waals surface area contributed by atoms with Gasteiger partial charge in [0.25, 0.3) is 0 Å². The normalized spacial score (nSPS) is 11.2. The number of carboxylic acids is 1. The van der Waals surface area contributed by atoms with Crippen LogP contribution in [0.5, 0.6) is 0 Å². The van der Waals surface area contributed by atoms with Crippen molar-refractivity contribution >= 4 is 12.0 Å². The molecule has 0 aliphatic heterocycles. The molecule has 1 heterocycles. The lowest BCUT2D eigenvalue weighted by molar-refractivity contribution is -0.299. The number of hydrogen-bond acceptors (Lipinski definition) is 3. The topological polar surface area (TPSA) is 53.0 Å². The number of carbonyl (C=O) groups is 1. The molecule has 3 heteroatoms. The highest BCUT2D eigenvalue weighted by atomic mass is 16.4. The predicted octanol–water partition coefficient (Wildman–Crippen LogP) is 0.235. The fourth-order valence-electron chi connectivity index (χ4n) is 0.742. The zero-order valence-electron chi connectivity index (χ0n) is 6.65. The second-order valence-corrected chi connectivity index (χ2v) is 2.37. The van der Waals surface area contributed by atoms with Gasteiger partial charge in [0.1, 0.15) is 0 Å². The molecule has 0 aromatic carbocycles. The Labute approximate surface area is 70.4 Å². The van der Waals surface area contributed by atoms with Gasteiger partial charge in [-0.3, -0.25) is 4.98 Å². The van der Waals surface area contributed by atoms with Crippen molar-refractivity contribution in [1.82, 2.24) is 4.98 Å². The number of carbonyl (C=O) groups excluding carboxylic acids is 1. The van der Waals surface area contributed by atoms with Gasteiger partial charge in [0.2, 0.25) is 0 Å². The van der Waals surface area contributed by atoms with E-state index in [4.69, 9.17) is 0 Å². The van der Waals surface area contributed by atoms with E-state index in [0.29, 0.717) is 5.69 Å². The first-order valence-corrected chi connectivity index (χ1v) is 3.51. The molecule has 1 aromatic rings. The second-order valence-electron chi connectivity index (χ2n) is 2.37. The maximum absolute atomic E-state index is 10.3. The molecule has 0 aliphatic rings. The molecule has 12 heavy (non-hydrogen) atoms. The lowest BCUT2D eigenvalue weighted by Gasteiger charge is -2.00. The van der Waals surface area contributed by atoms with Crippen molar-refractivity contribution in [2.24, 2.45) is 0 Å². The number of pyridine rings is 1. The van der Waals surface area contributed by atoms with Gasteiger partial charge >= 0.3 is 0 Å². The highest BCUT2D eigenvalue weighted by Crippen LogP contribution is 2.01. The van der Waals surface area contributed by atoms with Gasteiger partial charge in [-0.15, -0.1) is 0 Å². The highest BCUT2D eigenvalue weighted by Gasteiger charge is 1.90. The summed E-state index contributed by atoms with van der Waals surface area (Å²) in [6.45, 7) is 1.48. The molecule has 0 fully saturated rings. The monoisotopic (exact) mass is 162 g/mol. The summed E-state index contributed by atoms with van der Waals surface area (Å²) >= 11 is 0. The van der Waals surface area contributed by atoms with E-state index in [0.717, 1.165) is 0 Å². The molecule has 1 rings (SSSR count). The van der Waals surface area contributed by atoms with Gasteiger partial charge in [-0.05, 0) is 30.7 Å². The van der Waals surface area contributed by atoms with Gasteiger partial charge in [-0.2, -0.15) is 0 Å². The maximum Gasteiger partial charge on any atom is 0.0672 e. The van der Waals surface area contributed by atoms with Crippen molar-refractivity contribution in [2.45, 2.75) is 6.92 Å². The molecule has 0 spiro atoms. The van der Waals surface area contributed by atoms with Crippen molar-refractivity contribution in [1.29, 1.82) is 0 Å². The zero-order chi connectivity index (χ0) is 8.97. The summed E-state index contributed by atoms with van der Waals surface area (Å²) in [5, 5.41) is 10.3. The van der Waals surface area contributed by atoms with E-state index in [9.17, 15) is 9.90 Å². The Kier molecular flexibility index (Phi) is 2.58. The van der Waals surface area contributed by atoms with Gasteiger partial charge in [0, 0.05) is 6.20 Å². The molecule has 0 amide bonds. The third-order valence-electron chi connectivity index (χ3n) is 1.37. The number of aromatic nitrogens is 1. The Morgan fingerprint density at radius 3 is 2.83 bits per heavy atom. The van der Waals surface area contributed by atoms with Crippen LogP contribution < -0.4 is 5.11 Å². The number of rotatable bonds is 2. The highest BCUT2D eigenvalue weighted by molar-refractivity contribution is 5.89. The number of carboxylic acid groups (broad SMARTS) is 1. The minimum atomic E-state index is -1.17. The fourth-order valence-corrected chi connectivity index (χ4v) is 0.742. The van der Waals surface area contributed by atoms with Crippen LogP contribution in [0.3, 0.4) is 0 Å². The summed E-state index contributed by atoms with van der Waals surface area (Å²) in [4.78, 5) is 14.2. The molecule has 0 unspecified atom stereocenters.